The number of nitrogens with one attached hydrogen (secondary N) is 1. The molecule has 0 aliphatic carbocycles. The molecule has 3 rings (SSSR count). The van der Waals surface area contributed by atoms with E-state index in [2.05, 4.69) is 17.1 Å². The normalized spacial score (nSPS) is 11.9. The second-order valence-corrected chi connectivity index (χ2v) is 5.33. The zero-order valence-corrected chi connectivity index (χ0v) is 12.5. The molecule has 1 heterocycles. The van der Waals surface area contributed by atoms with Gasteiger partial charge in [-0.1, -0.05) is 60.7 Å². The highest BCUT2D eigenvalue weighted by atomic mass is 14.7. The Labute approximate surface area is 131 Å². The number of rotatable bonds is 4. The molecule has 0 amide bonds. The predicted octanol–water partition coefficient (Wildman–Crippen LogP) is 4.59. The van der Waals surface area contributed by atoms with Crippen LogP contribution in [0.4, 0.5) is 0 Å². The van der Waals surface area contributed by atoms with Gasteiger partial charge in [0.2, 0.25) is 0 Å². The molecule has 0 spiro atoms. The van der Waals surface area contributed by atoms with Gasteiger partial charge in [-0.2, -0.15) is 0 Å². The van der Waals surface area contributed by atoms with Gasteiger partial charge < -0.3 is 5.41 Å². The summed E-state index contributed by atoms with van der Waals surface area (Å²) in [6.45, 7) is 2.05. The highest BCUT2D eigenvalue weighted by molar-refractivity contribution is 6.05. The Kier molecular flexibility index (Phi) is 4.10. The highest BCUT2D eigenvalue weighted by Gasteiger charge is 2.22. The number of pyridine rings is 1. The average molecular weight is 286 g/mol. The lowest BCUT2D eigenvalue weighted by Crippen LogP contribution is -2.16. The number of aromatic nitrogens is 1. The Morgan fingerprint density at radius 3 is 2.23 bits per heavy atom. The van der Waals surface area contributed by atoms with Gasteiger partial charge in [0, 0.05) is 6.20 Å². The van der Waals surface area contributed by atoms with E-state index in [1.165, 1.54) is 0 Å². The monoisotopic (exact) mass is 286 g/mol. The van der Waals surface area contributed by atoms with E-state index in [0.717, 1.165) is 22.4 Å². The van der Waals surface area contributed by atoms with Crippen LogP contribution in [0.2, 0.25) is 0 Å². The van der Waals surface area contributed by atoms with E-state index in [0.29, 0.717) is 5.71 Å². The van der Waals surface area contributed by atoms with Crippen LogP contribution in [-0.4, -0.2) is 10.7 Å². The molecule has 1 N–H and O–H groups in total. The van der Waals surface area contributed by atoms with E-state index in [4.69, 9.17) is 5.41 Å². The van der Waals surface area contributed by atoms with Crippen LogP contribution in [0.5, 0.6) is 0 Å². The molecule has 2 aromatic carbocycles. The molecule has 1 aromatic heterocycles. The highest BCUT2D eigenvalue weighted by Crippen LogP contribution is 2.28. The fraction of sp³-hybridized carbons (Fsp3) is 0.100. The molecule has 0 saturated carbocycles. The van der Waals surface area contributed by atoms with Crippen LogP contribution >= 0.6 is 0 Å². The van der Waals surface area contributed by atoms with Crippen molar-refractivity contribution in [1.29, 1.82) is 5.41 Å². The standard InChI is InChI=1S/C20H18N2/c1-15-9-5-6-12-17(15)20(21)19(16-10-3-2-4-11-16)18-13-7-8-14-22-18/h2-14,19,21H,1H3/t19-/m1/s1. The van der Waals surface area contributed by atoms with Crippen LogP contribution in [0.1, 0.15) is 28.3 Å². The number of benzene rings is 2. The molecule has 0 fully saturated rings. The predicted molar refractivity (Wildman–Crippen MR) is 90.5 cm³/mol. The summed E-state index contributed by atoms with van der Waals surface area (Å²) >= 11 is 0. The Balaban J connectivity index is 2.11. The minimum absolute atomic E-state index is 0.150. The molecule has 0 aliphatic heterocycles. The molecule has 0 unspecified atom stereocenters. The van der Waals surface area contributed by atoms with E-state index in [1.807, 2.05) is 67.6 Å². The quantitative estimate of drug-likeness (QED) is 0.700. The molecule has 2 nitrogen and oxygen atoms in total. The lowest BCUT2D eigenvalue weighted by molar-refractivity contribution is 0.984. The van der Waals surface area contributed by atoms with Gasteiger partial charge in [0.15, 0.2) is 0 Å². The van der Waals surface area contributed by atoms with Crippen molar-refractivity contribution in [1.82, 2.24) is 4.98 Å². The second kappa shape index (κ2) is 6.35. The number of nitrogens with zero attached hydrogens (tertiary/aromatic N) is 1. The molecular weight excluding hydrogens is 268 g/mol. The minimum Gasteiger partial charge on any atom is -0.304 e. The molecule has 0 radical (unpaired) electrons. The van der Waals surface area contributed by atoms with Gasteiger partial charge >= 0.3 is 0 Å². The Morgan fingerprint density at radius 1 is 0.864 bits per heavy atom. The molecule has 0 saturated heterocycles. The second-order valence-electron chi connectivity index (χ2n) is 5.33. The first-order valence-electron chi connectivity index (χ1n) is 7.37. The topological polar surface area (TPSA) is 36.7 Å². The third-order valence-electron chi connectivity index (χ3n) is 3.84. The lowest BCUT2D eigenvalue weighted by Gasteiger charge is -2.19. The summed E-state index contributed by atoms with van der Waals surface area (Å²) in [5, 5.41) is 8.76. The minimum atomic E-state index is -0.150. The summed E-state index contributed by atoms with van der Waals surface area (Å²) in [6, 6.07) is 24.1. The first kappa shape index (κ1) is 14.2. The summed E-state index contributed by atoms with van der Waals surface area (Å²) in [5.74, 6) is -0.150. The molecule has 1 atom stereocenters. The van der Waals surface area contributed by atoms with E-state index in [1.54, 1.807) is 6.20 Å². The van der Waals surface area contributed by atoms with Crippen molar-refractivity contribution < 1.29 is 0 Å². The molecule has 108 valence electrons. The maximum Gasteiger partial charge on any atom is 0.0684 e. The first-order chi connectivity index (χ1) is 10.8. The van der Waals surface area contributed by atoms with Crippen molar-refractivity contribution >= 4 is 5.71 Å². The first-order valence-corrected chi connectivity index (χ1v) is 7.37. The average Bonchev–Trinajstić information content (AvgIpc) is 2.57. The van der Waals surface area contributed by atoms with E-state index in [-0.39, 0.29) is 5.92 Å². The van der Waals surface area contributed by atoms with Gasteiger partial charge in [-0.3, -0.25) is 4.98 Å². The van der Waals surface area contributed by atoms with Gasteiger partial charge in [0.25, 0.3) is 0 Å². The van der Waals surface area contributed by atoms with Crippen LogP contribution < -0.4 is 0 Å². The lowest BCUT2D eigenvalue weighted by atomic mass is 9.85. The molecule has 0 aliphatic rings. The van der Waals surface area contributed by atoms with Crippen LogP contribution in [0.25, 0.3) is 0 Å². The molecule has 22 heavy (non-hydrogen) atoms. The maximum absolute atomic E-state index is 8.76. The van der Waals surface area contributed by atoms with Crippen molar-refractivity contribution in [2.75, 3.05) is 0 Å². The third kappa shape index (κ3) is 2.82. The van der Waals surface area contributed by atoms with Crippen molar-refractivity contribution in [2.24, 2.45) is 0 Å². The van der Waals surface area contributed by atoms with Crippen LogP contribution in [0.3, 0.4) is 0 Å². The number of hydrogen-bond acceptors (Lipinski definition) is 2. The number of hydrogen-bond donors (Lipinski definition) is 1. The van der Waals surface area contributed by atoms with Crippen molar-refractivity contribution in [2.45, 2.75) is 12.8 Å². The zero-order valence-electron chi connectivity index (χ0n) is 12.5. The summed E-state index contributed by atoms with van der Waals surface area (Å²) in [7, 11) is 0. The summed E-state index contributed by atoms with van der Waals surface area (Å²) < 4.78 is 0. The largest absolute Gasteiger partial charge is 0.304 e. The van der Waals surface area contributed by atoms with Gasteiger partial charge in [-0.15, -0.1) is 0 Å². The SMILES string of the molecule is Cc1ccccc1C(=N)[C@H](c1ccccc1)c1ccccn1. The Morgan fingerprint density at radius 2 is 1.55 bits per heavy atom. The van der Waals surface area contributed by atoms with Gasteiger partial charge in [-0.05, 0) is 35.7 Å². The van der Waals surface area contributed by atoms with Crippen LogP contribution in [0.15, 0.2) is 79.0 Å². The maximum atomic E-state index is 8.76. The smallest absolute Gasteiger partial charge is 0.0684 e. The third-order valence-corrected chi connectivity index (χ3v) is 3.84. The molecule has 3 aromatic rings. The molecular formula is C20H18N2. The van der Waals surface area contributed by atoms with Crippen molar-refractivity contribution in [3.8, 4) is 0 Å². The fourth-order valence-electron chi connectivity index (χ4n) is 2.71. The van der Waals surface area contributed by atoms with E-state index >= 15 is 0 Å². The zero-order chi connectivity index (χ0) is 15.4. The van der Waals surface area contributed by atoms with E-state index < -0.39 is 0 Å². The summed E-state index contributed by atoms with van der Waals surface area (Å²) in [6.07, 6.45) is 1.79. The molecule has 0 bridgehead atoms. The van der Waals surface area contributed by atoms with Crippen molar-refractivity contribution in [3.63, 3.8) is 0 Å². The number of aryl methyl sites for hydroxylation is 1. The summed E-state index contributed by atoms with van der Waals surface area (Å²) in [5.41, 5.74) is 4.67. The Bertz CT molecular complexity index is 724. The Hall–Kier alpha value is -2.74. The van der Waals surface area contributed by atoms with Crippen LogP contribution in [0, 0.1) is 12.3 Å². The van der Waals surface area contributed by atoms with Gasteiger partial charge in [0.05, 0.1) is 17.3 Å². The van der Waals surface area contributed by atoms with E-state index in [9.17, 15) is 0 Å². The van der Waals surface area contributed by atoms with Crippen molar-refractivity contribution in [3.05, 3.63) is 101 Å². The van der Waals surface area contributed by atoms with Gasteiger partial charge in [0.1, 0.15) is 0 Å². The van der Waals surface area contributed by atoms with Gasteiger partial charge in [-0.25, -0.2) is 0 Å². The van der Waals surface area contributed by atoms with Crippen LogP contribution in [-0.2, 0) is 0 Å². The summed E-state index contributed by atoms with van der Waals surface area (Å²) in [4.78, 5) is 4.49. The molecule has 2 heteroatoms. The fourth-order valence-corrected chi connectivity index (χ4v) is 2.71.